The highest BCUT2D eigenvalue weighted by atomic mass is 32.2. The Hall–Kier alpha value is -2.20. The number of nitrogens with zero attached hydrogens (tertiary/aromatic N) is 3. The first-order valence-corrected chi connectivity index (χ1v) is 9.38. The number of carbonyl (C=O) groups excluding carboxylic acids is 1. The number of carboxylic acid groups (broad SMARTS) is 1. The molecule has 0 spiro atoms. The zero-order valence-electron chi connectivity index (χ0n) is 13.9. The predicted octanol–water partition coefficient (Wildman–Crippen LogP) is 2.64. The van der Waals surface area contributed by atoms with Gasteiger partial charge in [0.15, 0.2) is 0 Å². The lowest BCUT2D eigenvalue weighted by Crippen LogP contribution is -2.46. The third-order valence-corrected chi connectivity index (χ3v) is 6.08. The number of nitriles is 1. The molecule has 0 radical (unpaired) electrons. The zero-order chi connectivity index (χ0) is 17.8. The lowest BCUT2D eigenvalue weighted by Gasteiger charge is -2.33. The van der Waals surface area contributed by atoms with E-state index in [1.54, 1.807) is 16.7 Å². The molecule has 0 aromatic heterocycles. The summed E-state index contributed by atoms with van der Waals surface area (Å²) in [7, 11) is 0. The molecule has 2 aliphatic heterocycles. The van der Waals surface area contributed by atoms with Gasteiger partial charge in [-0.25, -0.2) is 4.79 Å². The van der Waals surface area contributed by atoms with Crippen molar-refractivity contribution in [3.63, 3.8) is 0 Å². The molecule has 2 saturated heterocycles. The second kappa shape index (κ2) is 7.79. The average Bonchev–Trinajstić information content (AvgIpc) is 3.10. The number of aliphatic carboxylic acids is 1. The quantitative estimate of drug-likeness (QED) is 0.897. The Morgan fingerprint density at radius 1 is 1.08 bits per heavy atom. The molecule has 2 aliphatic rings. The van der Waals surface area contributed by atoms with Gasteiger partial charge in [-0.3, -0.25) is 4.79 Å². The summed E-state index contributed by atoms with van der Waals surface area (Å²) in [6, 6.07) is 9.67. The number of hydrogen-bond acceptors (Lipinski definition) is 4. The molecule has 2 amide bonds. The Morgan fingerprint density at radius 3 is 2.32 bits per heavy atom. The molecule has 0 bridgehead atoms. The summed E-state index contributed by atoms with van der Waals surface area (Å²) >= 11 is 1.74. The van der Waals surface area contributed by atoms with Crippen LogP contribution in [0.15, 0.2) is 29.2 Å². The summed E-state index contributed by atoms with van der Waals surface area (Å²) in [5, 5.41) is 18.2. The van der Waals surface area contributed by atoms with Crippen LogP contribution >= 0.6 is 11.8 Å². The second-order valence-corrected chi connectivity index (χ2v) is 7.87. The maximum Gasteiger partial charge on any atom is 0.320 e. The third kappa shape index (κ3) is 4.26. The highest BCUT2D eigenvalue weighted by molar-refractivity contribution is 8.00. The summed E-state index contributed by atoms with van der Waals surface area (Å²) < 4.78 is 0. The van der Waals surface area contributed by atoms with Gasteiger partial charge in [0, 0.05) is 36.3 Å². The fourth-order valence-corrected chi connectivity index (χ4v) is 4.47. The number of piperidine rings is 1. The molecule has 1 atom stereocenters. The van der Waals surface area contributed by atoms with Crippen molar-refractivity contribution in [3.8, 4) is 6.07 Å². The van der Waals surface area contributed by atoms with Crippen LogP contribution in [-0.2, 0) is 4.79 Å². The average molecular weight is 359 g/mol. The normalized spacial score (nSPS) is 21.2. The van der Waals surface area contributed by atoms with Crippen LogP contribution in [0.3, 0.4) is 0 Å². The van der Waals surface area contributed by atoms with Gasteiger partial charge in [-0.2, -0.15) is 5.26 Å². The number of benzene rings is 1. The lowest BCUT2D eigenvalue weighted by atomic mass is 9.97. The number of urea groups is 1. The van der Waals surface area contributed by atoms with Gasteiger partial charge in [-0.05, 0) is 43.5 Å². The number of hydrogen-bond donors (Lipinski definition) is 1. The van der Waals surface area contributed by atoms with E-state index < -0.39 is 5.97 Å². The highest BCUT2D eigenvalue weighted by Gasteiger charge is 2.33. The van der Waals surface area contributed by atoms with Crippen LogP contribution in [0.2, 0.25) is 0 Å². The molecule has 7 heteroatoms. The van der Waals surface area contributed by atoms with Crippen LogP contribution in [0.1, 0.15) is 24.8 Å². The van der Waals surface area contributed by atoms with Crippen LogP contribution in [0.25, 0.3) is 0 Å². The number of carbonyl (C=O) groups is 2. The number of thioether (sulfide) groups is 1. The summed E-state index contributed by atoms with van der Waals surface area (Å²) in [5.74, 6) is -1.07. The van der Waals surface area contributed by atoms with E-state index in [2.05, 4.69) is 6.07 Å². The largest absolute Gasteiger partial charge is 0.481 e. The highest BCUT2D eigenvalue weighted by Crippen LogP contribution is 2.30. The van der Waals surface area contributed by atoms with Crippen LogP contribution in [0.4, 0.5) is 4.79 Å². The van der Waals surface area contributed by atoms with Crippen molar-refractivity contribution in [1.82, 2.24) is 9.80 Å². The van der Waals surface area contributed by atoms with Crippen molar-refractivity contribution < 1.29 is 14.7 Å². The molecule has 132 valence electrons. The number of carboxylic acids is 1. The van der Waals surface area contributed by atoms with Crippen LogP contribution in [0, 0.1) is 17.2 Å². The molecule has 1 N–H and O–H groups in total. The monoisotopic (exact) mass is 359 g/mol. The van der Waals surface area contributed by atoms with E-state index in [0.29, 0.717) is 43.3 Å². The molecule has 6 nitrogen and oxygen atoms in total. The van der Waals surface area contributed by atoms with E-state index in [1.165, 1.54) is 0 Å². The molecule has 1 unspecified atom stereocenters. The minimum Gasteiger partial charge on any atom is -0.481 e. The molecule has 0 aliphatic carbocycles. The minimum atomic E-state index is -0.757. The van der Waals surface area contributed by atoms with E-state index >= 15 is 0 Å². The Morgan fingerprint density at radius 2 is 1.72 bits per heavy atom. The molecule has 25 heavy (non-hydrogen) atoms. The lowest BCUT2D eigenvalue weighted by molar-refractivity contribution is -0.143. The van der Waals surface area contributed by atoms with Crippen molar-refractivity contribution in [1.29, 1.82) is 5.26 Å². The van der Waals surface area contributed by atoms with Gasteiger partial charge >= 0.3 is 12.0 Å². The maximum atomic E-state index is 12.6. The van der Waals surface area contributed by atoms with E-state index in [9.17, 15) is 9.59 Å². The van der Waals surface area contributed by atoms with Gasteiger partial charge < -0.3 is 14.9 Å². The first-order chi connectivity index (χ1) is 12.1. The molecule has 1 aromatic carbocycles. The van der Waals surface area contributed by atoms with Gasteiger partial charge in [0.05, 0.1) is 17.6 Å². The summed E-state index contributed by atoms with van der Waals surface area (Å²) in [6.45, 7) is 2.51. The van der Waals surface area contributed by atoms with Gasteiger partial charge in [-0.1, -0.05) is 0 Å². The molecule has 3 rings (SSSR count). The fourth-order valence-electron chi connectivity index (χ4n) is 3.32. The van der Waals surface area contributed by atoms with Gasteiger partial charge in [-0.15, -0.1) is 11.8 Å². The molecular formula is C18H21N3O3S. The summed E-state index contributed by atoms with van der Waals surface area (Å²) in [6.07, 6.45) is 2.03. The van der Waals surface area contributed by atoms with Crippen LogP contribution in [0.5, 0.6) is 0 Å². The van der Waals surface area contributed by atoms with Gasteiger partial charge in [0.1, 0.15) is 0 Å². The van der Waals surface area contributed by atoms with Crippen molar-refractivity contribution in [2.75, 3.05) is 26.2 Å². The molecular weight excluding hydrogens is 338 g/mol. The molecule has 2 fully saturated rings. The standard InChI is InChI=1S/C18H21N3O3S/c19-11-13-1-3-15(4-2-13)25-16-7-10-21(12-16)18(24)20-8-5-14(6-9-20)17(22)23/h1-4,14,16H,5-10,12H2,(H,22,23). The third-order valence-electron chi connectivity index (χ3n) is 4.82. The van der Waals surface area contributed by atoms with Crippen molar-refractivity contribution in [3.05, 3.63) is 29.8 Å². The van der Waals surface area contributed by atoms with Crippen LogP contribution < -0.4 is 0 Å². The van der Waals surface area contributed by atoms with E-state index in [-0.39, 0.29) is 11.9 Å². The second-order valence-electron chi connectivity index (χ2n) is 6.49. The van der Waals surface area contributed by atoms with Gasteiger partial charge in [0.25, 0.3) is 0 Å². The minimum absolute atomic E-state index is 0.0340. The summed E-state index contributed by atoms with van der Waals surface area (Å²) in [5.41, 5.74) is 0.650. The van der Waals surface area contributed by atoms with E-state index in [4.69, 9.17) is 10.4 Å². The van der Waals surface area contributed by atoms with Crippen molar-refractivity contribution >= 4 is 23.8 Å². The zero-order valence-corrected chi connectivity index (χ0v) is 14.7. The first-order valence-electron chi connectivity index (χ1n) is 8.50. The number of amides is 2. The SMILES string of the molecule is N#Cc1ccc(SC2CCN(C(=O)N3CCC(C(=O)O)CC3)C2)cc1. The van der Waals surface area contributed by atoms with Gasteiger partial charge in [0.2, 0.25) is 0 Å². The Labute approximate surface area is 151 Å². The topological polar surface area (TPSA) is 84.6 Å². The number of rotatable bonds is 3. The molecule has 2 heterocycles. The van der Waals surface area contributed by atoms with E-state index in [0.717, 1.165) is 17.9 Å². The maximum absolute atomic E-state index is 12.6. The first kappa shape index (κ1) is 17.6. The smallest absolute Gasteiger partial charge is 0.320 e. The van der Waals surface area contributed by atoms with Crippen molar-refractivity contribution in [2.45, 2.75) is 29.4 Å². The molecule has 0 saturated carbocycles. The summed E-state index contributed by atoms with van der Waals surface area (Å²) in [4.78, 5) is 28.4. The fraction of sp³-hybridized carbons (Fsp3) is 0.500. The van der Waals surface area contributed by atoms with E-state index in [1.807, 2.05) is 29.2 Å². The Bertz CT molecular complexity index is 678. The predicted molar refractivity (Wildman–Crippen MR) is 94.3 cm³/mol. The Balaban J connectivity index is 1.49. The molecule has 1 aromatic rings. The van der Waals surface area contributed by atoms with Crippen molar-refractivity contribution in [2.24, 2.45) is 5.92 Å². The van der Waals surface area contributed by atoms with Crippen LogP contribution in [-0.4, -0.2) is 58.3 Å². The Kier molecular flexibility index (Phi) is 5.49. The number of likely N-dealkylation sites (tertiary alicyclic amines) is 2.